The number of hydrogen-bond donors (Lipinski definition) is 2. The molecule has 1 aliphatic heterocycles. The number of pyridine rings is 1. The first-order valence-corrected chi connectivity index (χ1v) is 11.4. The summed E-state index contributed by atoms with van der Waals surface area (Å²) in [7, 11) is 0. The summed E-state index contributed by atoms with van der Waals surface area (Å²) in [5, 5.41) is 10.4. The van der Waals surface area contributed by atoms with Crippen molar-refractivity contribution in [3.8, 4) is 5.88 Å². The Bertz CT molecular complexity index is 1090. The van der Waals surface area contributed by atoms with Crippen LogP contribution in [0, 0.1) is 6.92 Å². The number of carbonyl (C=O) groups is 1. The van der Waals surface area contributed by atoms with Crippen LogP contribution in [0.5, 0.6) is 5.88 Å². The average molecular weight is 493 g/mol. The molecule has 35 heavy (non-hydrogen) atoms. The highest BCUT2D eigenvalue weighted by Gasteiger charge is 2.40. The van der Waals surface area contributed by atoms with Gasteiger partial charge in [-0.25, -0.2) is 9.98 Å². The summed E-state index contributed by atoms with van der Waals surface area (Å²) >= 11 is 0. The van der Waals surface area contributed by atoms with Gasteiger partial charge in [0.15, 0.2) is 5.78 Å². The number of aliphatic imine (C=N–C) groups is 1. The van der Waals surface area contributed by atoms with Gasteiger partial charge >= 0.3 is 6.18 Å². The van der Waals surface area contributed by atoms with Gasteiger partial charge in [0.2, 0.25) is 5.88 Å². The third-order valence-corrected chi connectivity index (χ3v) is 5.90. The van der Waals surface area contributed by atoms with Gasteiger partial charge in [0.25, 0.3) is 0 Å². The molecule has 1 fully saturated rings. The molecule has 10 heteroatoms. The fraction of sp³-hybridized carbons (Fsp3) is 0.480. The maximum absolute atomic E-state index is 13.1. The van der Waals surface area contributed by atoms with Crippen LogP contribution in [0.15, 0.2) is 51.9 Å². The molecule has 3 N–H and O–H groups in total. The zero-order chi connectivity index (χ0) is 26.0. The first-order chi connectivity index (χ1) is 16.3. The molecule has 3 rings (SSSR count). The Kier molecular flexibility index (Phi) is 7.74. The van der Waals surface area contributed by atoms with Crippen LogP contribution >= 0.6 is 0 Å². The van der Waals surface area contributed by atoms with Crippen molar-refractivity contribution < 1.29 is 27.8 Å². The molecule has 1 atom stereocenters. The van der Waals surface area contributed by atoms with Crippen molar-refractivity contribution >= 4 is 12.1 Å². The number of rotatable bonds is 9. The number of Topliss-reactive ketones (excluding diaryl/α,β-unsaturated/α-hetero) is 1. The molecule has 0 bridgehead atoms. The maximum atomic E-state index is 13.1. The maximum Gasteiger partial charge on any atom is 0.392 e. The third kappa shape index (κ3) is 6.50. The van der Waals surface area contributed by atoms with Crippen LogP contribution < -0.4 is 10.5 Å². The van der Waals surface area contributed by atoms with Crippen molar-refractivity contribution in [2.75, 3.05) is 13.2 Å². The Morgan fingerprint density at radius 1 is 1.37 bits per heavy atom. The molecule has 0 aromatic carbocycles. The standard InChI is InChI=1S/C25H31F3N4O3/c1-15-11-18(12-31-23(15)35-10-8-25(26,27)28)16(2)32-13-20(22(33)24(3,4)34)19(7-9-30-14-29)21(32)17-5-6-17/h7,9,11-12,14,16,34H,5-6,8,10,13H2,1-4H3,(H2,29,30)/b9-7-. The highest BCUT2D eigenvalue weighted by molar-refractivity contribution is 6.04. The molecule has 2 aliphatic rings. The molecule has 1 saturated carbocycles. The lowest BCUT2D eigenvalue weighted by Gasteiger charge is -2.30. The summed E-state index contributed by atoms with van der Waals surface area (Å²) < 4.78 is 42.5. The lowest BCUT2D eigenvalue weighted by molar-refractivity contribution is -0.139. The smallest absolute Gasteiger partial charge is 0.392 e. The fourth-order valence-electron chi connectivity index (χ4n) is 3.97. The summed E-state index contributed by atoms with van der Waals surface area (Å²) in [5.74, 6) is -0.211. The molecule has 190 valence electrons. The Hall–Kier alpha value is -3.14. The number of aromatic nitrogens is 1. The number of hydrogen-bond acceptors (Lipinski definition) is 6. The fourth-order valence-corrected chi connectivity index (χ4v) is 3.97. The molecule has 0 spiro atoms. The van der Waals surface area contributed by atoms with Crippen LogP contribution in [0.2, 0.25) is 0 Å². The Morgan fingerprint density at radius 3 is 2.60 bits per heavy atom. The summed E-state index contributed by atoms with van der Waals surface area (Å²) in [6.45, 7) is 6.42. The van der Waals surface area contributed by atoms with E-state index in [2.05, 4.69) is 14.9 Å². The number of ether oxygens (including phenoxy) is 1. The molecule has 0 radical (unpaired) electrons. The highest BCUT2D eigenvalue weighted by atomic mass is 19.4. The van der Waals surface area contributed by atoms with Crippen molar-refractivity contribution in [3.63, 3.8) is 0 Å². The summed E-state index contributed by atoms with van der Waals surface area (Å²) in [4.78, 5) is 23.4. The van der Waals surface area contributed by atoms with Crippen molar-refractivity contribution in [2.45, 2.75) is 64.8 Å². The molecule has 1 aromatic heterocycles. The summed E-state index contributed by atoms with van der Waals surface area (Å²) in [6.07, 6.45) is 2.45. The Balaban J connectivity index is 1.90. The molecule has 1 aliphatic carbocycles. The molecule has 1 aromatic rings. The molecule has 7 nitrogen and oxygen atoms in total. The molecular formula is C25H31F3N4O3. The van der Waals surface area contributed by atoms with E-state index in [1.165, 1.54) is 25.6 Å². The van der Waals surface area contributed by atoms with Crippen molar-refractivity contribution in [3.05, 3.63) is 58.1 Å². The van der Waals surface area contributed by atoms with Gasteiger partial charge in [-0.1, -0.05) is 0 Å². The van der Waals surface area contributed by atoms with Crippen LogP contribution in [-0.4, -0.2) is 52.0 Å². The van der Waals surface area contributed by atoms with E-state index in [0.29, 0.717) is 16.7 Å². The summed E-state index contributed by atoms with van der Waals surface area (Å²) in [5.41, 5.74) is 8.57. The van der Waals surface area contributed by atoms with E-state index in [1.807, 2.05) is 13.0 Å². The molecule has 2 heterocycles. The molecular weight excluding hydrogens is 461 g/mol. The largest absolute Gasteiger partial charge is 0.477 e. The zero-order valence-corrected chi connectivity index (χ0v) is 20.3. The van der Waals surface area contributed by atoms with Crippen molar-refractivity contribution in [1.82, 2.24) is 9.88 Å². The second-order valence-corrected chi connectivity index (χ2v) is 9.25. The minimum atomic E-state index is -4.29. The summed E-state index contributed by atoms with van der Waals surface area (Å²) in [6, 6.07) is 1.63. The number of aryl methyl sites for hydroxylation is 1. The van der Waals surface area contributed by atoms with E-state index in [0.717, 1.165) is 30.4 Å². The van der Waals surface area contributed by atoms with E-state index in [1.54, 1.807) is 19.2 Å². The molecule has 1 unspecified atom stereocenters. The van der Waals surface area contributed by atoms with Crippen LogP contribution in [0.4, 0.5) is 13.2 Å². The molecule has 0 saturated heterocycles. The average Bonchev–Trinajstić information content (AvgIpc) is 3.53. The van der Waals surface area contributed by atoms with Gasteiger partial charge in [-0.05, 0) is 63.8 Å². The van der Waals surface area contributed by atoms with Crippen LogP contribution in [0.1, 0.15) is 57.2 Å². The quantitative estimate of drug-likeness (QED) is 0.394. The third-order valence-electron chi connectivity index (χ3n) is 5.90. The van der Waals surface area contributed by atoms with Crippen LogP contribution in [-0.2, 0) is 4.79 Å². The normalized spacial score (nSPS) is 17.8. The minimum absolute atomic E-state index is 0.159. The highest BCUT2D eigenvalue weighted by Crippen LogP contribution is 2.45. The monoisotopic (exact) mass is 492 g/mol. The van der Waals surface area contributed by atoms with Crippen molar-refractivity contribution in [1.29, 1.82) is 0 Å². The number of aliphatic hydroxyl groups is 1. The Morgan fingerprint density at radius 2 is 2.06 bits per heavy atom. The minimum Gasteiger partial charge on any atom is -0.477 e. The predicted octanol–water partition coefficient (Wildman–Crippen LogP) is 4.28. The van der Waals surface area contributed by atoms with Gasteiger partial charge in [0.1, 0.15) is 5.60 Å². The molecule has 0 amide bonds. The number of nitrogens with zero attached hydrogens (tertiary/aromatic N) is 3. The van der Waals surface area contributed by atoms with E-state index >= 15 is 0 Å². The number of carbonyl (C=O) groups excluding carboxylic acids is 1. The van der Waals surface area contributed by atoms with Gasteiger partial charge in [0, 0.05) is 41.3 Å². The van der Waals surface area contributed by atoms with E-state index < -0.39 is 24.8 Å². The number of halogens is 3. The lowest BCUT2D eigenvalue weighted by Crippen LogP contribution is -2.34. The van der Waals surface area contributed by atoms with Gasteiger partial charge in [-0.2, -0.15) is 13.2 Å². The van der Waals surface area contributed by atoms with Gasteiger partial charge < -0.3 is 20.5 Å². The van der Waals surface area contributed by atoms with E-state index in [4.69, 9.17) is 10.5 Å². The SMILES string of the molecule is Cc1cc(C(C)N2CC(C(=O)C(C)(C)O)=C(/C=C\N=CN)C2=C2CC2)cnc1OCCC(F)(F)F. The number of allylic oxidation sites excluding steroid dienone is 2. The number of ketones is 1. The topological polar surface area (TPSA) is 101 Å². The lowest BCUT2D eigenvalue weighted by atomic mass is 9.94. The van der Waals surface area contributed by atoms with E-state index in [9.17, 15) is 23.1 Å². The zero-order valence-electron chi connectivity index (χ0n) is 20.3. The second-order valence-electron chi connectivity index (χ2n) is 9.25. The predicted molar refractivity (Wildman–Crippen MR) is 127 cm³/mol. The van der Waals surface area contributed by atoms with Crippen molar-refractivity contribution in [2.24, 2.45) is 10.7 Å². The van der Waals surface area contributed by atoms with Gasteiger partial charge in [0.05, 0.1) is 25.4 Å². The van der Waals surface area contributed by atoms with Gasteiger partial charge in [-0.3, -0.25) is 4.79 Å². The number of alkyl halides is 3. The first-order valence-electron chi connectivity index (χ1n) is 11.4. The first kappa shape index (κ1) is 26.5. The van der Waals surface area contributed by atoms with Crippen LogP contribution in [0.25, 0.3) is 0 Å². The van der Waals surface area contributed by atoms with Crippen LogP contribution in [0.3, 0.4) is 0 Å². The Labute approximate surface area is 202 Å². The van der Waals surface area contributed by atoms with Gasteiger partial charge in [-0.15, -0.1) is 0 Å². The second kappa shape index (κ2) is 10.2. The number of nitrogens with two attached hydrogens (primary N) is 1. The van der Waals surface area contributed by atoms with E-state index in [-0.39, 0.29) is 24.2 Å².